The number of rotatable bonds is 4. The van der Waals surface area contributed by atoms with Crippen molar-refractivity contribution in [3.8, 4) is 0 Å². The number of nitrogens with zero attached hydrogens (tertiary/aromatic N) is 3. The van der Waals surface area contributed by atoms with E-state index in [1.807, 2.05) is 48.2 Å². The second-order valence-electron chi connectivity index (χ2n) is 8.28. The third-order valence-corrected chi connectivity index (χ3v) is 8.37. The SMILES string of the molecule is Cc1ccc(S(=O)(=O)N2CCC(C(=O)N3CCN(c4cccc(Cl)c4)CC3)CC2)cc1. The Morgan fingerprint density at radius 1 is 0.935 bits per heavy atom. The van der Waals surface area contributed by atoms with Gasteiger partial charge in [0.25, 0.3) is 0 Å². The molecular weight excluding hydrogens is 434 g/mol. The van der Waals surface area contributed by atoms with Gasteiger partial charge in [-0.3, -0.25) is 4.79 Å². The van der Waals surface area contributed by atoms with Gasteiger partial charge in [-0.05, 0) is 50.1 Å². The van der Waals surface area contributed by atoms with E-state index in [-0.39, 0.29) is 11.8 Å². The van der Waals surface area contributed by atoms with Crippen molar-refractivity contribution in [1.82, 2.24) is 9.21 Å². The van der Waals surface area contributed by atoms with Crippen LogP contribution in [0, 0.1) is 12.8 Å². The van der Waals surface area contributed by atoms with Gasteiger partial charge in [-0.2, -0.15) is 4.31 Å². The number of hydrogen-bond donors (Lipinski definition) is 0. The van der Waals surface area contributed by atoms with Gasteiger partial charge in [-0.15, -0.1) is 0 Å². The Morgan fingerprint density at radius 3 is 2.19 bits per heavy atom. The zero-order valence-corrected chi connectivity index (χ0v) is 19.3. The molecule has 0 atom stereocenters. The highest BCUT2D eigenvalue weighted by molar-refractivity contribution is 7.89. The minimum atomic E-state index is -3.50. The Morgan fingerprint density at radius 2 is 1.58 bits per heavy atom. The van der Waals surface area contributed by atoms with Gasteiger partial charge in [0.15, 0.2) is 0 Å². The maximum absolute atomic E-state index is 13.0. The molecule has 0 spiro atoms. The van der Waals surface area contributed by atoms with E-state index in [1.54, 1.807) is 12.1 Å². The topological polar surface area (TPSA) is 60.9 Å². The molecule has 1 amide bonds. The Labute approximate surface area is 189 Å². The second-order valence-corrected chi connectivity index (χ2v) is 10.7. The van der Waals surface area contributed by atoms with Crippen LogP contribution in [0.15, 0.2) is 53.4 Å². The molecule has 0 bridgehead atoms. The quantitative estimate of drug-likeness (QED) is 0.700. The van der Waals surface area contributed by atoms with Crippen molar-refractivity contribution in [3.05, 3.63) is 59.1 Å². The van der Waals surface area contributed by atoms with Crippen molar-refractivity contribution < 1.29 is 13.2 Å². The number of halogens is 1. The number of piperazine rings is 1. The summed E-state index contributed by atoms with van der Waals surface area (Å²) < 4.78 is 27.3. The summed E-state index contributed by atoms with van der Waals surface area (Å²) in [6.45, 7) is 5.59. The van der Waals surface area contributed by atoms with Gasteiger partial charge in [0.1, 0.15) is 0 Å². The molecule has 0 radical (unpaired) electrons. The first kappa shape index (κ1) is 22.1. The number of sulfonamides is 1. The lowest BCUT2D eigenvalue weighted by Crippen LogP contribution is -2.52. The highest BCUT2D eigenvalue weighted by Gasteiger charge is 2.34. The van der Waals surface area contributed by atoms with Crippen LogP contribution in [0.1, 0.15) is 18.4 Å². The first-order chi connectivity index (χ1) is 14.8. The molecule has 8 heteroatoms. The Hall–Kier alpha value is -2.09. The van der Waals surface area contributed by atoms with Gasteiger partial charge in [-0.1, -0.05) is 35.4 Å². The van der Waals surface area contributed by atoms with Gasteiger partial charge in [0.2, 0.25) is 15.9 Å². The lowest BCUT2D eigenvalue weighted by Gasteiger charge is -2.39. The summed E-state index contributed by atoms with van der Waals surface area (Å²) in [5, 5.41) is 0.711. The van der Waals surface area contributed by atoms with E-state index in [2.05, 4.69) is 4.90 Å². The van der Waals surface area contributed by atoms with Crippen LogP contribution >= 0.6 is 11.6 Å². The first-order valence-electron chi connectivity index (χ1n) is 10.7. The molecule has 2 fully saturated rings. The first-order valence-corrected chi connectivity index (χ1v) is 12.5. The van der Waals surface area contributed by atoms with Crippen LogP contribution in [0.25, 0.3) is 0 Å². The lowest BCUT2D eigenvalue weighted by molar-refractivity contribution is -0.137. The van der Waals surface area contributed by atoms with Crippen molar-refractivity contribution in [2.24, 2.45) is 5.92 Å². The molecule has 2 aliphatic rings. The van der Waals surface area contributed by atoms with Crippen LogP contribution in [-0.4, -0.2) is 62.8 Å². The van der Waals surface area contributed by atoms with Crippen LogP contribution in [-0.2, 0) is 14.8 Å². The molecule has 2 heterocycles. The zero-order valence-electron chi connectivity index (χ0n) is 17.7. The predicted molar refractivity (Wildman–Crippen MR) is 123 cm³/mol. The van der Waals surface area contributed by atoms with Crippen molar-refractivity contribution in [2.45, 2.75) is 24.7 Å². The Bertz CT molecular complexity index is 1030. The number of carbonyl (C=O) groups is 1. The van der Waals surface area contributed by atoms with Crippen molar-refractivity contribution >= 4 is 33.2 Å². The molecule has 0 unspecified atom stereocenters. The largest absolute Gasteiger partial charge is 0.368 e. The van der Waals surface area contributed by atoms with Crippen molar-refractivity contribution in [2.75, 3.05) is 44.2 Å². The number of amides is 1. The van der Waals surface area contributed by atoms with Crippen LogP contribution in [0.4, 0.5) is 5.69 Å². The van der Waals surface area contributed by atoms with E-state index in [0.29, 0.717) is 48.9 Å². The summed E-state index contributed by atoms with van der Waals surface area (Å²) in [5.41, 5.74) is 2.10. The van der Waals surface area contributed by atoms with E-state index in [9.17, 15) is 13.2 Å². The summed E-state index contributed by atoms with van der Waals surface area (Å²) in [4.78, 5) is 17.5. The zero-order chi connectivity index (χ0) is 22.0. The summed E-state index contributed by atoms with van der Waals surface area (Å²) in [6, 6.07) is 14.7. The highest BCUT2D eigenvalue weighted by atomic mass is 35.5. The van der Waals surface area contributed by atoms with E-state index in [0.717, 1.165) is 24.3 Å². The van der Waals surface area contributed by atoms with Gasteiger partial charge < -0.3 is 9.80 Å². The number of anilines is 1. The Kier molecular flexibility index (Phi) is 6.55. The maximum atomic E-state index is 13.0. The van der Waals surface area contributed by atoms with E-state index < -0.39 is 10.0 Å². The Balaban J connectivity index is 1.31. The van der Waals surface area contributed by atoms with Gasteiger partial charge in [-0.25, -0.2) is 8.42 Å². The number of benzene rings is 2. The van der Waals surface area contributed by atoms with Gasteiger partial charge >= 0.3 is 0 Å². The minimum absolute atomic E-state index is 0.109. The fraction of sp³-hybridized carbons (Fsp3) is 0.435. The minimum Gasteiger partial charge on any atom is -0.368 e. The summed E-state index contributed by atoms with van der Waals surface area (Å²) in [7, 11) is -3.50. The molecule has 4 rings (SSSR count). The lowest BCUT2D eigenvalue weighted by atomic mass is 9.96. The fourth-order valence-electron chi connectivity index (χ4n) is 4.32. The molecule has 2 aliphatic heterocycles. The molecule has 0 saturated carbocycles. The molecule has 2 saturated heterocycles. The van der Waals surface area contributed by atoms with Gasteiger partial charge in [0.05, 0.1) is 4.90 Å². The molecule has 0 aromatic heterocycles. The average molecular weight is 462 g/mol. The van der Waals surface area contributed by atoms with Crippen LogP contribution in [0.5, 0.6) is 0 Å². The number of aryl methyl sites for hydroxylation is 1. The summed E-state index contributed by atoms with van der Waals surface area (Å²) >= 11 is 6.10. The molecule has 0 aliphatic carbocycles. The van der Waals surface area contributed by atoms with E-state index >= 15 is 0 Å². The highest BCUT2D eigenvalue weighted by Crippen LogP contribution is 2.26. The molecular formula is C23H28ClN3O3S. The third-order valence-electron chi connectivity index (χ3n) is 6.23. The molecule has 2 aromatic rings. The number of piperidine rings is 1. The number of carbonyl (C=O) groups excluding carboxylic acids is 1. The molecule has 166 valence electrons. The molecule has 0 N–H and O–H groups in total. The maximum Gasteiger partial charge on any atom is 0.243 e. The van der Waals surface area contributed by atoms with Crippen LogP contribution in [0.3, 0.4) is 0 Å². The fourth-order valence-corrected chi connectivity index (χ4v) is 5.97. The molecule has 2 aromatic carbocycles. The standard InChI is InChI=1S/C23H28ClN3O3S/c1-18-5-7-22(8-6-18)31(29,30)27-11-9-19(10-12-27)23(28)26-15-13-25(14-16-26)21-4-2-3-20(24)17-21/h2-8,17,19H,9-16H2,1H3. The molecule has 31 heavy (non-hydrogen) atoms. The van der Waals surface area contributed by atoms with E-state index in [4.69, 9.17) is 11.6 Å². The monoisotopic (exact) mass is 461 g/mol. The van der Waals surface area contributed by atoms with Gasteiger partial charge in [0, 0.05) is 55.9 Å². The summed E-state index contributed by atoms with van der Waals surface area (Å²) in [5.74, 6) is 0.0420. The van der Waals surface area contributed by atoms with E-state index in [1.165, 1.54) is 4.31 Å². The smallest absolute Gasteiger partial charge is 0.243 e. The average Bonchev–Trinajstić information content (AvgIpc) is 2.79. The second kappa shape index (κ2) is 9.18. The summed E-state index contributed by atoms with van der Waals surface area (Å²) in [6.07, 6.45) is 1.14. The third kappa shape index (κ3) is 4.89. The molecule has 6 nitrogen and oxygen atoms in total. The van der Waals surface area contributed by atoms with Crippen LogP contribution in [0.2, 0.25) is 5.02 Å². The normalized spacial score (nSPS) is 18.9. The number of hydrogen-bond acceptors (Lipinski definition) is 4. The predicted octanol–water partition coefficient (Wildman–Crippen LogP) is 3.40. The van der Waals surface area contributed by atoms with Crippen molar-refractivity contribution in [1.29, 1.82) is 0 Å². The van der Waals surface area contributed by atoms with Crippen LogP contribution < -0.4 is 4.90 Å². The van der Waals surface area contributed by atoms with Crippen molar-refractivity contribution in [3.63, 3.8) is 0 Å².